The van der Waals surface area contributed by atoms with E-state index in [0.29, 0.717) is 0 Å². The molecule has 2 nitrogen and oxygen atoms in total. The molecule has 5 heteroatoms. The summed E-state index contributed by atoms with van der Waals surface area (Å²) in [5.41, 5.74) is -0.162. The van der Waals surface area contributed by atoms with E-state index in [0.717, 1.165) is 6.07 Å². The lowest BCUT2D eigenvalue weighted by atomic mass is 10.2. The van der Waals surface area contributed by atoms with Gasteiger partial charge in [-0.3, -0.25) is 0 Å². The van der Waals surface area contributed by atoms with Gasteiger partial charge in [-0.2, -0.15) is 0 Å². The smallest absolute Gasteiger partial charge is 0.265 e. The molecule has 0 aliphatic rings. The van der Waals surface area contributed by atoms with Gasteiger partial charge in [0.15, 0.2) is 10.9 Å². The third-order valence-electron chi connectivity index (χ3n) is 1.42. The zero-order valence-corrected chi connectivity index (χ0v) is 6.94. The predicted octanol–water partition coefficient (Wildman–Crippen LogP) is 2.69. The summed E-state index contributed by atoms with van der Waals surface area (Å²) < 4.78 is 24.3. The van der Waals surface area contributed by atoms with Crippen LogP contribution in [0.15, 0.2) is 6.07 Å². The van der Waals surface area contributed by atoms with Gasteiger partial charge < -0.3 is 5.11 Å². The van der Waals surface area contributed by atoms with Gasteiger partial charge in [-0.25, -0.2) is 13.8 Å². The molecule has 0 fully saturated rings. The van der Waals surface area contributed by atoms with E-state index in [-0.39, 0.29) is 16.4 Å². The number of aromatic nitrogens is 1. The Kier molecular flexibility index (Phi) is 2.47. The molecule has 66 valence electrons. The minimum absolute atomic E-state index is 0.132. The highest BCUT2D eigenvalue weighted by molar-refractivity contribution is 6.30. The van der Waals surface area contributed by atoms with Crippen LogP contribution in [0, 0.1) is 6.92 Å². The lowest BCUT2D eigenvalue weighted by Gasteiger charge is -2.04. The quantitative estimate of drug-likeness (QED) is 0.696. The van der Waals surface area contributed by atoms with Crippen LogP contribution in [0.25, 0.3) is 0 Å². The van der Waals surface area contributed by atoms with E-state index in [1.54, 1.807) is 0 Å². The molecular weight excluding hydrogens is 188 g/mol. The Hall–Kier alpha value is -0.900. The first-order valence-electron chi connectivity index (χ1n) is 3.16. The van der Waals surface area contributed by atoms with Crippen molar-refractivity contribution in [2.24, 2.45) is 0 Å². The number of halogens is 3. The van der Waals surface area contributed by atoms with Crippen molar-refractivity contribution in [1.29, 1.82) is 0 Å². The van der Waals surface area contributed by atoms with Gasteiger partial charge in [-0.1, -0.05) is 11.6 Å². The molecule has 0 bridgehead atoms. The molecule has 1 rings (SSSR count). The largest absolute Gasteiger partial charge is 0.505 e. The van der Waals surface area contributed by atoms with Gasteiger partial charge in [0.25, 0.3) is 6.43 Å². The number of aryl methyl sites for hydroxylation is 1. The molecule has 0 aliphatic heterocycles. The zero-order valence-electron chi connectivity index (χ0n) is 6.18. The van der Waals surface area contributed by atoms with Crippen molar-refractivity contribution < 1.29 is 13.9 Å². The highest BCUT2D eigenvalue weighted by Gasteiger charge is 2.14. The monoisotopic (exact) mass is 193 g/mol. The van der Waals surface area contributed by atoms with E-state index in [1.165, 1.54) is 6.92 Å². The molecule has 0 saturated heterocycles. The Morgan fingerprint density at radius 2 is 2.17 bits per heavy atom. The molecule has 0 unspecified atom stereocenters. The summed E-state index contributed by atoms with van der Waals surface area (Å²) in [6.07, 6.45) is -2.64. The van der Waals surface area contributed by atoms with Crippen molar-refractivity contribution in [2.45, 2.75) is 13.3 Å². The van der Waals surface area contributed by atoms with Crippen LogP contribution in [0.2, 0.25) is 5.15 Å². The summed E-state index contributed by atoms with van der Waals surface area (Å²) in [5, 5.41) is 8.79. The molecule has 0 spiro atoms. The van der Waals surface area contributed by atoms with Crippen molar-refractivity contribution in [3.05, 3.63) is 22.5 Å². The number of nitrogens with zero attached hydrogens (tertiary/aromatic N) is 1. The number of pyridine rings is 1. The Labute approximate surface area is 72.8 Å². The van der Waals surface area contributed by atoms with E-state index in [9.17, 15) is 8.78 Å². The summed E-state index contributed by atoms with van der Waals surface area (Å²) in [6.45, 7) is 1.41. The second kappa shape index (κ2) is 3.23. The zero-order chi connectivity index (χ0) is 9.30. The molecule has 12 heavy (non-hydrogen) atoms. The fraction of sp³-hybridized carbons (Fsp3) is 0.286. The maximum absolute atomic E-state index is 12.1. The average Bonchev–Trinajstić information content (AvgIpc) is 1.96. The maximum Gasteiger partial charge on any atom is 0.265 e. The standard InChI is InChI=1S/C7H6ClF2NO/c1-3-4(7(9)10)2-5(12)6(8)11-3/h2,7,12H,1H3. The van der Waals surface area contributed by atoms with Gasteiger partial charge in [0.1, 0.15) is 0 Å². The number of hydrogen-bond acceptors (Lipinski definition) is 2. The summed E-state index contributed by atoms with van der Waals surface area (Å²) in [4.78, 5) is 3.53. The van der Waals surface area contributed by atoms with Gasteiger partial charge in [0, 0.05) is 11.3 Å². The van der Waals surface area contributed by atoms with Crippen LogP contribution in [-0.2, 0) is 0 Å². The van der Waals surface area contributed by atoms with Gasteiger partial charge in [0.2, 0.25) is 0 Å². The first-order chi connectivity index (χ1) is 5.52. The molecule has 0 aromatic carbocycles. The van der Waals surface area contributed by atoms with Crippen molar-refractivity contribution >= 4 is 11.6 Å². The fourth-order valence-electron chi connectivity index (χ4n) is 0.801. The third kappa shape index (κ3) is 1.64. The minimum atomic E-state index is -2.64. The van der Waals surface area contributed by atoms with Gasteiger partial charge in [-0.05, 0) is 13.0 Å². The van der Waals surface area contributed by atoms with Gasteiger partial charge in [-0.15, -0.1) is 0 Å². The van der Waals surface area contributed by atoms with Crippen molar-refractivity contribution in [1.82, 2.24) is 4.98 Å². The Morgan fingerprint density at radius 3 is 2.67 bits per heavy atom. The Balaban J connectivity index is 3.23. The molecule has 0 saturated carbocycles. The lowest BCUT2D eigenvalue weighted by Crippen LogP contribution is -1.93. The third-order valence-corrected chi connectivity index (χ3v) is 1.70. The highest BCUT2D eigenvalue weighted by Crippen LogP contribution is 2.29. The number of hydrogen-bond donors (Lipinski definition) is 1. The van der Waals surface area contributed by atoms with Crippen LogP contribution in [0.5, 0.6) is 5.75 Å². The van der Waals surface area contributed by atoms with Crippen molar-refractivity contribution in [3.8, 4) is 5.75 Å². The van der Waals surface area contributed by atoms with Crippen molar-refractivity contribution in [3.63, 3.8) is 0 Å². The van der Waals surface area contributed by atoms with E-state index < -0.39 is 12.2 Å². The van der Waals surface area contributed by atoms with Crippen LogP contribution in [0.3, 0.4) is 0 Å². The van der Waals surface area contributed by atoms with E-state index in [4.69, 9.17) is 16.7 Å². The molecule has 1 heterocycles. The van der Waals surface area contributed by atoms with Crippen LogP contribution < -0.4 is 0 Å². The summed E-state index contributed by atoms with van der Waals surface area (Å²) in [7, 11) is 0. The maximum atomic E-state index is 12.1. The number of aromatic hydroxyl groups is 1. The molecule has 0 aliphatic carbocycles. The first kappa shape index (κ1) is 9.19. The Morgan fingerprint density at radius 1 is 1.58 bits per heavy atom. The molecular formula is C7H6ClF2NO. The fourth-order valence-corrected chi connectivity index (χ4v) is 0.983. The number of rotatable bonds is 1. The minimum Gasteiger partial charge on any atom is -0.505 e. The summed E-state index contributed by atoms with van der Waals surface area (Å²) in [5.74, 6) is -0.419. The highest BCUT2D eigenvalue weighted by atomic mass is 35.5. The van der Waals surface area contributed by atoms with Crippen LogP contribution in [-0.4, -0.2) is 10.1 Å². The van der Waals surface area contributed by atoms with E-state index in [2.05, 4.69) is 4.98 Å². The Bertz CT molecular complexity index is 304. The van der Waals surface area contributed by atoms with E-state index in [1.807, 2.05) is 0 Å². The number of alkyl halides is 2. The topological polar surface area (TPSA) is 33.1 Å². The van der Waals surface area contributed by atoms with Gasteiger partial charge >= 0.3 is 0 Å². The van der Waals surface area contributed by atoms with Crippen LogP contribution in [0.4, 0.5) is 8.78 Å². The summed E-state index contributed by atoms with van der Waals surface area (Å²) >= 11 is 5.38. The van der Waals surface area contributed by atoms with Crippen LogP contribution in [0.1, 0.15) is 17.7 Å². The van der Waals surface area contributed by atoms with Crippen LogP contribution >= 0.6 is 11.6 Å². The SMILES string of the molecule is Cc1nc(Cl)c(O)cc1C(F)F. The van der Waals surface area contributed by atoms with Gasteiger partial charge in [0.05, 0.1) is 0 Å². The molecule has 1 N–H and O–H groups in total. The molecule has 1 aromatic heterocycles. The summed E-state index contributed by atoms with van der Waals surface area (Å²) in [6, 6.07) is 0.926. The second-order valence-corrected chi connectivity index (χ2v) is 2.63. The molecule has 0 radical (unpaired) electrons. The molecule has 1 aromatic rings. The first-order valence-corrected chi connectivity index (χ1v) is 3.54. The molecule has 0 atom stereocenters. The van der Waals surface area contributed by atoms with E-state index >= 15 is 0 Å². The second-order valence-electron chi connectivity index (χ2n) is 2.27. The normalized spacial score (nSPS) is 10.8. The van der Waals surface area contributed by atoms with Crippen molar-refractivity contribution in [2.75, 3.05) is 0 Å². The lowest BCUT2D eigenvalue weighted by molar-refractivity contribution is 0.149. The average molecular weight is 194 g/mol. The predicted molar refractivity (Wildman–Crippen MR) is 40.6 cm³/mol. The molecule has 0 amide bonds.